The Balaban J connectivity index is 1.61. The molecule has 2 aliphatic rings. The lowest BCUT2D eigenvalue weighted by molar-refractivity contribution is -0.152. The highest BCUT2D eigenvalue weighted by Crippen LogP contribution is 2.34. The standard InChI is InChI=1S/C27H33N3O3/c1-4-33-27(32)24-12-8-9-15-29(24)18-26(31)30-25(21-10-6-5-7-11-21)17-23(28-30)22-16-19(2)13-14-20(22)3/h5-7,10-11,13-14,16,24-25H,4,8-9,12,15,17-18H2,1-3H3/t24-,25-/m1/s1. The maximum Gasteiger partial charge on any atom is 0.323 e. The molecule has 0 aliphatic carbocycles. The highest BCUT2D eigenvalue weighted by Gasteiger charge is 2.37. The summed E-state index contributed by atoms with van der Waals surface area (Å²) in [4.78, 5) is 28.0. The van der Waals surface area contributed by atoms with Crippen molar-refractivity contribution in [3.8, 4) is 0 Å². The third kappa shape index (κ3) is 5.17. The van der Waals surface area contributed by atoms with Crippen molar-refractivity contribution in [3.05, 3.63) is 70.8 Å². The van der Waals surface area contributed by atoms with Gasteiger partial charge < -0.3 is 4.74 Å². The molecule has 4 rings (SSSR count). The molecule has 33 heavy (non-hydrogen) atoms. The van der Waals surface area contributed by atoms with Crippen LogP contribution in [0.1, 0.15) is 60.9 Å². The van der Waals surface area contributed by atoms with Crippen molar-refractivity contribution in [2.75, 3.05) is 19.7 Å². The van der Waals surface area contributed by atoms with E-state index in [4.69, 9.17) is 9.84 Å². The minimum absolute atomic E-state index is 0.0830. The number of carbonyl (C=O) groups excluding carboxylic acids is 2. The Bertz CT molecular complexity index is 1030. The number of nitrogens with zero attached hydrogens (tertiary/aromatic N) is 3. The van der Waals surface area contributed by atoms with Gasteiger partial charge in [-0.3, -0.25) is 14.5 Å². The van der Waals surface area contributed by atoms with E-state index >= 15 is 0 Å². The number of amides is 1. The molecule has 2 atom stereocenters. The van der Waals surface area contributed by atoms with Gasteiger partial charge in [-0.25, -0.2) is 5.01 Å². The van der Waals surface area contributed by atoms with E-state index in [9.17, 15) is 9.59 Å². The molecule has 6 nitrogen and oxygen atoms in total. The molecule has 2 aromatic carbocycles. The Morgan fingerprint density at radius 1 is 1.09 bits per heavy atom. The fourth-order valence-corrected chi connectivity index (χ4v) is 4.82. The fourth-order valence-electron chi connectivity index (χ4n) is 4.82. The van der Waals surface area contributed by atoms with Crippen LogP contribution in [0.5, 0.6) is 0 Å². The number of benzene rings is 2. The Kier molecular flexibility index (Phi) is 7.23. The summed E-state index contributed by atoms with van der Waals surface area (Å²) in [6, 6.07) is 15.9. The number of esters is 1. The Labute approximate surface area is 196 Å². The van der Waals surface area contributed by atoms with Crippen LogP contribution in [0.4, 0.5) is 0 Å². The third-order valence-corrected chi connectivity index (χ3v) is 6.56. The molecule has 6 heteroatoms. The van der Waals surface area contributed by atoms with Crippen molar-refractivity contribution >= 4 is 17.6 Å². The third-order valence-electron chi connectivity index (χ3n) is 6.56. The van der Waals surface area contributed by atoms with Crippen LogP contribution in [0.2, 0.25) is 0 Å². The van der Waals surface area contributed by atoms with E-state index < -0.39 is 0 Å². The van der Waals surface area contributed by atoms with Gasteiger partial charge in [0.15, 0.2) is 0 Å². The maximum atomic E-state index is 13.6. The van der Waals surface area contributed by atoms with Gasteiger partial charge >= 0.3 is 5.97 Å². The number of aryl methyl sites for hydroxylation is 2. The van der Waals surface area contributed by atoms with E-state index in [2.05, 4.69) is 44.2 Å². The maximum absolute atomic E-state index is 13.6. The molecule has 2 heterocycles. The Hall–Kier alpha value is -2.99. The summed E-state index contributed by atoms with van der Waals surface area (Å²) in [5, 5.41) is 6.49. The molecule has 1 amide bonds. The normalized spacial score (nSPS) is 21.1. The molecule has 174 valence electrons. The molecule has 0 aromatic heterocycles. The second-order valence-corrected chi connectivity index (χ2v) is 8.97. The van der Waals surface area contributed by atoms with Crippen molar-refractivity contribution < 1.29 is 14.3 Å². The first-order valence-corrected chi connectivity index (χ1v) is 11.9. The van der Waals surface area contributed by atoms with Crippen molar-refractivity contribution in [3.63, 3.8) is 0 Å². The molecular weight excluding hydrogens is 414 g/mol. The molecule has 0 unspecified atom stereocenters. The summed E-state index contributed by atoms with van der Waals surface area (Å²) in [6.07, 6.45) is 3.34. The molecule has 0 spiro atoms. The average molecular weight is 448 g/mol. The molecule has 0 bridgehead atoms. The number of hydrogen-bond donors (Lipinski definition) is 0. The van der Waals surface area contributed by atoms with E-state index in [1.165, 1.54) is 5.56 Å². The number of hydrogen-bond acceptors (Lipinski definition) is 5. The average Bonchev–Trinajstić information content (AvgIpc) is 3.27. The highest BCUT2D eigenvalue weighted by atomic mass is 16.5. The molecule has 0 N–H and O–H groups in total. The lowest BCUT2D eigenvalue weighted by Crippen LogP contribution is -2.49. The Morgan fingerprint density at radius 3 is 2.64 bits per heavy atom. The molecule has 1 saturated heterocycles. The second-order valence-electron chi connectivity index (χ2n) is 8.97. The zero-order valence-electron chi connectivity index (χ0n) is 19.8. The largest absolute Gasteiger partial charge is 0.465 e. The predicted molar refractivity (Wildman–Crippen MR) is 129 cm³/mol. The van der Waals surface area contributed by atoms with Crippen LogP contribution < -0.4 is 0 Å². The summed E-state index contributed by atoms with van der Waals surface area (Å²) >= 11 is 0. The summed E-state index contributed by atoms with van der Waals surface area (Å²) in [5.74, 6) is -0.314. The quantitative estimate of drug-likeness (QED) is 0.616. The molecule has 1 fully saturated rings. The van der Waals surface area contributed by atoms with Gasteiger partial charge in [0, 0.05) is 12.0 Å². The lowest BCUT2D eigenvalue weighted by atomic mass is 9.95. The summed E-state index contributed by atoms with van der Waals surface area (Å²) in [7, 11) is 0. The minimum Gasteiger partial charge on any atom is -0.465 e. The van der Waals surface area contributed by atoms with E-state index in [-0.39, 0.29) is 30.5 Å². The van der Waals surface area contributed by atoms with E-state index in [0.717, 1.165) is 41.7 Å². The summed E-state index contributed by atoms with van der Waals surface area (Å²) < 4.78 is 5.28. The number of piperidine rings is 1. The van der Waals surface area contributed by atoms with Crippen LogP contribution in [0, 0.1) is 13.8 Å². The van der Waals surface area contributed by atoms with Gasteiger partial charge in [-0.1, -0.05) is 54.4 Å². The second kappa shape index (κ2) is 10.3. The first kappa shape index (κ1) is 23.2. The van der Waals surface area contributed by atoms with Gasteiger partial charge in [-0.05, 0) is 57.4 Å². The van der Waals surface area contributed by atoms with E-state index in [0.29, 0.717) is 19.6 Å². The van der Waals surface area contributed by atoms with Crippen molar-refractivity contribution in [2.45, 2.75) is 58.5 Å². The van der Waals surface area contributed by atoms with Crippen LogP contribution in [0.15, 0.2) is 53.6 Å². The molecule has 0 saturated carbocycles. The van der Waals surface area contributed by atoms with E-state index in [1.54, 1.807) is 5.01 Å². The zero-order valence-corrected chi connectivity index (χ0v) is 19.8. The van der Waals surface area contributed by atoms with Gasteiger partial charge in [-0.15, -0.1) is 0 Å². The van der Waals surface area contributed by atoms with E-state index in [1.807, 2.05) is 30.0 Å². The number of likely N-dealkylation sites (tertiary alicyclic amines) is 1. The lowest BCUT2D eigenvalue weighted by Gasteiger charge is -2.34. The van der Waals surface area contributed by atoms with Gasteiger partial charge in [0.05, 0.1) is 24.9 Å². The molecule has 0 radical (unpaired) electrons. The highest BCUT2D eigenvalue weighted by molar-refractivity contribution is 6.04. The molecule has 2 aromatic rings. The van der Waals surface area contributed by atoms with Gasteiger partial charge in [0.2, 0.25) is 0 Å². The van der Waals surface area contributed by atoms with Gasteiger partial charge in [0.1, 0.15) is 6.04 Å². The van der Waals surface area contributed by atoms with Crippen LogP contribution in [-0.4, -0.2) is 53.2 Å². The number of carbonyl (C=O) groups is 2. The predicted octanol–water partition coefficient (Wildman–Crippen LogP) is 4.40. The first-order chi connectivity index (χ1) is 16.0. The zero-order chi connectivity index (χ0) is 23.4. The number of ether oxygens (including phenoxy) is 1. The summed E-state index contributed by atoms with van der Waals surface area (Å²) in [6.45, 7) is 7.19. The first-order valence-electron chi connectivity index (χ1n) is 11.9. The number of rotatable bonds is 6. The minimum atomic E-state index is -0.358. The van der Waals surface area contributed by atoms with Crippen molar-refractivity contribution in [1.29, 1.82) is 0 Å². The van der Waals surface area contributed by atoms with Crippen molar-refractivity contribution in [1.82, 2.24) is 9.91 Å². The van der Waals surface area contributed by atoms with Crippen LogP contribution in [0.3, 0.4) is 0 Å². The van der Waals surface area contributed by atoms with Gasteiger partial charge in [0.25, 0.3) is 5.91 Å². The molecule has 2 aliphatic heterocycles. The topological polar surface area (TPSA) is 62.2 Å². The smallest absolute Gasteiger partial charge is 0.323 e. The van der Waals surface area contributed by atoms with Crippen LogP contribution >= 0.6 is 0 Å². The fraction of sp³-hybridized carbons (Fsp3) is 0.444. The van der Waals surface area contributed by atoms with Gasteiger partial charge in [-0.2, -0.15) is 5.10 Å². The van der Waals surface area contributed by atoms with Crippen LogP contribution in [0.25, 0.3) is 0 Å². The van der Waals surface area contributed by atoms with Crippen molar-refractivity contribution in [2.24, 2.45) is 5.10 Å². The number of hydrazone groups is 1. The summed E-state index contributed by atoms with van der Waals surface area (Å²) in [5.41, 5.74) is 5.41. The molecular formula is C27H33N3O3. The SMILES string of the molecule is CCOC(=O)[C@H]1CCCCN1CC(=O)N1N=C(c2cc(C)ccc2C)C[C@@H]1c1ccccc1. The van der Waals surface area contributed by atoms with Crippen LogP contribution in [-0.2, 0) is 14.3 Å². The monoisotopic (exact) mass is 447 g/mol. The Morgan fingerprint density at radius 2 is 1.88 bits per heavy atom.